The van der Waals surface area contributed by atoms with Crippen molar-refractivity contribution in [1.29, 1.82) is 0 Å². The number of hydrogen-bond acceptors (Lipinski definition) is 5. The summed E-state index contributed by atoms with van der Waals surface area (Å²) in [4.78, 5) is 12.7. The summed E-state index contributed by atoms with van der Waals surface area (Å²) in [6.45, 7) is 2.60. The molecule has 146 valence electrons. The molecule has 1 fully saturated rings. The molecule has 0 aliphatic carbocycles. The Morgan fingerprint density at radius 2 is 2.04 bits per heavy atom. The highest BCUT2D eigenvalue weighted by molar-refractivity contribution is 7.91. The maximum absolute atomic E-state index is 12.7. The Morgan fingerprint density at radius 3 is 2.67 bits per heavy atom. The first-order valence-electron chi connectivity index (χ1n) is 8.90. The van der Waals surface area contributed by atoms with Gasteiger partial charge in [-0.2, -0.15) is 4.31 Å². The Morgan fingerprint density at radius 1 is 1.30 bits per heavy atom. The lowest BCUT2D eigenvalue weighted by atomic mass is 9.98. The number of sulfonamides is 1. The van der Waals surface area contributed by atoms with Crippen LogP contribution in [-0.2, 0) is 14.8 Å². The Balaban J connectivity index is 1.64. The SMILES string of the molecule is COc1ccc(C(C)NC(=O)C2CCCN(S(=O)(=O)c3cccs3)C2)cc1. The van der Waals surface area contributed by atoms with Gasteiger partial charge in [-0.3, -0.25) is 4.79 Å². The van der Waals surface area contributed by atoms with E-state index in [1.165, 1.54) is 15.6 Å². The van der Waals surface area contributed by atoms with Gasteiger partial charge in [0.1, 0.15) is 9.96 Å². The van der Waals surface area contributed by atoms with Gasteiger partial charge in [-0.05, 0) is 48.9 Å². The lowest BCUT2D eigenvalue weighted by molar-refractivity contribution is -0.126. The zero-order chi connectivity index (χ0) is 19.4. The largest absolute Gasteiger partial charge is 0.497 e. The monoisotopic (exact) mass is 408 g/mol. The number of methoxy groups -OCH3 is 1. The molecule has 8 heteroatoms. The van der Waals surface area contributed by atoms with E-state index < -0.39 is 10.0 Å². The Labute approximate surface area is 164 Å². The number of hydrogen-bond donors (Lipinski definition) is 1. The van der Waals surface area contributed by atoms with Crippen LogP contribution in [0, 0.1) is 5.92 Å². The van der Waals surface area contributed by atoms with E-state index >= 15 is 0 Å². The van der Waals surface area contributed by atoms with E-state index in [0.29, 0.717) is 23.6 Å². The second kappa shape index (κ2) is 8.41. The molecule has 2 aromatic rings. The normalized spacial score (nSPS) is 19.4. The van der Waals surface area contributed by atoms with Crippen LogP contribution in [-0.4, -0.2) is 38.8 Å². The maximum Gasteiger partial charge on any atom is 0.252 e. The fraction of sp³-hybridized carbons (Fsp3) is 0.421. The molecule has 3 rings (SSSR count). The summed E-state index contributed by atoms with van der Waals surface area (Å²) in [7, 11) is -1.91. The van der Waals surface area contributed by atoms with Crippen molar-refractivity contribution in [2.45, 2.75) is 30.0 Å². The molecule has 0 bridgehead atoms. The average molecular weight is 409 g/mol. The van der Waals surface area contributed by atoms with Crippen LogP contribution in [0.3, 0.4) is 0 Å². The molecule has 0 spiro atoms. The second-order valence-electron chi connectivity index (χ2n) is 6.64. The number of benzene rings is 1. The van der Waals surface area contributed by atoms with Crippen molar-refractivity contribution < 1.29 is 17.9 Å². The van der Waals surface area contributed by atoms with Gasteiger partial charge < -0.3 is 10.1 Å². The molecule has 1 N–H and O–H groups in total. The van der Waals surface area contributed by atoms with Crippen LogP contribution in [0.25, 0.3) is 0 Å². The maximum atomic E-state index is 12.7. The summed E-state index contributed by atoms with van der Waals surface area (Å²) in [6, 6.07) is 10.7. The third-order valence-corrected chi connectivity index (χ3v) is 8.06. The number of amides is 1. The highest BCUT2D eigenvalue weighted by Crippen LogP contribution is 2.27. The first kappa shape index (κ1) is 19.9. The molecule has 1 aromatic heterocycles. The van der Waals surface area contributed by atoms with Gasteiger partial charge in [-0.25, -0.2) is 8.42 Å². The lowest BCUT2D eigenvalue weighted by Crippen LogP contribution is -2.45. The zero-order valence-electron chi connectivity index (χ0n) is 15.4. The van der Waals surface area contributed by atoms with Crippen LogP contribution in [0.15, 0.2) is 46.0 Å². The lowest BCUT2D eigenvalue weighted by Gasteiger charge is -2.31. The van der Waals surface area contributed by atoms with E-state index in [1.54, 1.807) is 24.6 Å². The minimum atomic E-state index is -3.52. The number of carbonyl (C=O) groups is 1. The summed E-state index contributed by atoms with van der Waals surface area (Å²) in [5, 5.41) is 4.76. The fourth-order valence-corrected chi connectivity index (χ4v) is 5.89. The molecule has 0 saturated carbocycles. The molecule has 1 aliphatic rings. The zero-order valence-corrected chi connectivity index (χ0v) is 17.1. The Bertz CT molecular complexity index is 864. The highest BCUT2D eigenvalue weighted by Gasteiger charge is 2.34. The van der Waals surface area contributed by atoms with Crippen molar-refractivity contribution in [3.05, 3.63) is 47.3 Å². The van der Waals surface area contributed by atoms with E-state index in [9.17, 15) is 13.2 Å². The van der Waals surface area contributed by atoms with E-state index in [0.717, 1.165) is 11.3 Å². The third kappa shape index (κ3) is 4.51. The summed E-state index contributed by atoms with van der Waals surface area (Å²) < 4.78 is 32.3. The molecule has 2 atom stereocenters. The number of ether oxygens (including phenoxy) is 1. The van der Waals surface area contributed by atoms with Crippen LogP contribution in [0.2, 0.25) is 0 Å². The standard InChI is InChI=1S/C19H24N2O4S2/c1-14(15-7-9-17(25-2)10-8-15)20-19(22)16-5-3-11-21(13-16)27(23,24)18-6-4-12-26-18/h4,6-10,12,14,16H,3,5,11,13H2,1-2H3,(H,20,22). The van der Waals surface area contributed by atoms with Crippen LogP contribution in [0.4, 0.5) is 0 Å². The molecular formula is C19H24N2O4S2. The number of nitrogens with zero attached hydrogens (tertiary/aromatic N) is 1. The molecule has 1 aromatic carbocycles. The van der Waals surface area contributed by atoms with Crippen molar-refractivity contribution >= 4 is 27.3 Å². The van der Waals surface area contributed by atoms with Gasteiger partial charge in [-0.1, -0.05) is 18.2 Å². The topological polar surface area (TPSA) is 75.7 Å². The molecule has 27 heavy (non-hydrogen) atoms. The average Bonchev–Trinajstić information content (AvgIpc) is 3.24. The van der Waals surface area contributed by atoms with Crippen molar-refractivity contribution in [1.82, 2.24) is 9.62 Å². The number of nitrogens with one attached hydrogen (secondary N) is 1. The number of piperidine rings is 1. The van der Waals surface area contributed by atoms with Gasteiger partial charge in [0.25, 0.3) is 10.0 Å². The van der Waals surface area contributed by atoms with E-state index in [2.05, 4.69) is 5.32 Å². The van der Waals surface area contributed by atoms with Crippen LogP contribution in [0.5, 0.6) is 5.75 Å². The smallest absolute Gasteiger partial charge is 0.252 e. The molecule has 6 nitrogen and oxygen atoms in total. The predicted molar refractivity (Wildman–Crippen MR) is 105 cm³/mol. The van der Waals surface area contributed by atoms with Crippen molar-refractivity contribution in [2.24, 2.45) is 5.92 Å². The summed E-state index contributed by atoms with van der Waals surface area (Å²) in [5.41, 5.74) is 0.975. The molecule has 1 aliphatic heterocycles. The Kier molecular flexibility index (Phi) is 6.18. The van der Waals surface area contributed by atoms with Gasteiger partial charge in [0.2, 0.25) is 5.91 Å². The number of carbonyl (C=O) groups excluding carboxylic acids is 1. The van der Waals surface area contributed by atoms with E-state index in [1.807, 2.05) is 31.2 Å². The molecule has 1 saturated heterocycles. The van der Waals surface area contributed by atoms with Crippen molar-refractivity contribution in [2.75, 3.05) is 20.2 Å². The highest BCUT2D eigenvalue weighted by atomic mass is 32.2. The molecule has 2 unspecified atom stereocenters. The second-order valence-corrected chi connectivity index (χ2v) is 9.75. The molecule has 1 amide bonds. The minimum Gasteiger partial charge on any atom is -0.497 e. The first-order valence-corrected chi connectivity index (χ1v) is 11.2. The fourth-order valence-electron chi connectivity index (χ4n) is 3.22. The summed E-state index contributed by atoms with van der Waals surface area (Å²) >= 11 is 1.20. The summed E-state index contributed by atoms with van der Waals surface area (Å²) in [5.74, 6) is 0.317. The van der Waals surface area contributed by atoms with Crippen LogP contribution in [0.1, 0.15) is 31.4 Å². The van der Waals surface area contributed by atoms with Gasteiger partial charge in [-0.15, -0.1) is 11.3 Å². The number of rotatable bonds is 6. The summed E-state index contributed by atoms with van der Waals surface area (Å²) in [6.07, 6.45) is 1.37. The molecule has 0 radical (unpaired) electrons. The van der Waals surface area contributed by atoms with Gasteiger partial charge in [0.05, 0.1) is 19.1 Å². The van der Waals surface area contributed by atoms with Gasteiger partial charge in [0, 0.05) is 13.1 Å². The van der Waals surface area contributed by atoms with Crippen LogP contribution < -0.4 is 10.1 Å². The number of thiophene rings is 1. The Hall–Kier alpha value is -1.90. The van der Waals surface area contributed by atoms with Gasteiger partial charge in [0.15, 0.2) is 0 Å². The first-order chi connectivity index (χ1) is 12.9. The third-order valence-electron chi connectivity index (χ3n) is 4.82. The van der Waals surface area contributed by atoms with E-state index in [-0.39, 0.29) is 24.4 Å². The van der Waals surface area contributed by atoms with Crippen molar-refractivity contribution in [3.63, 3.8) is 0 Å². The molecular weight excluding hydrogens is 384 g/mol. The molecule has 2 heterocycles. The van der Waals surface area contributed by atoms with Crippen molar-refractivity contribution in [3.8, 4) is 5.75 Å². The van der Waals surface area contributed by atoms with Gasteiger partial charge >= 0.3 is 0 Å². The quantitative estimate of drug-likeness (QED) is 0.797. The minimum absolute atomic E-state index is 0.107. The van der Waals surface area contributed by atoms with E-state index in [4.69, 9.17) is 4.74 Å². The predicted octanol–water partition coefficient (Wildman–Crippen LogP) is 3.03. The van der Waals surface area contributed by atoms with Crippen LogP contribution >= 0.6 is 11.3 Å².